The molecule has 0 fully saturated rings. The molecule has 0 atom stereocenters. The number of hydrogen-bond acceptors (Lipinski definition) is 2. The molecule has 1 rings (SSSR count). The van der Waals surface area contributed by atoms with Crippen LogP contribution in [-0.2, 0) is 6.42 Å². The van der Waals surface area contributed by atoms with E-state index in [0.717, 1.165) is 30.4 Å². The van der Waals surface area contributed by atoms with Crippen molar-refractivity contribution in [3.05, 3.63) is 70.4 Å². The highest BCUT2D eigenvalue weighted by atomic mass is 16.3. The molecule has 1 aromatic carbocycles. The third kappa shape index (κ3) is 7.93. The zero-order chi connectivity index (χ0) is 19.0. The van der Waals surface area contributed by atoms with Crippen LogP contribution in [0.5, 0.6) is 11.5 Å². The molecule has 0 bridgehead atoms. The fourth-order valence-electron chi connectivity index (χ4n) is 2.76. The first-order valence-electron chi connectivity index (χ1n) is 8.84. The van der Waals surface area contributed by atoms with E-state index in [1.807, 2.05) is 0 Å². The van der Waals surface area contributed by atoms with Crippen LogP contribution in [0.2, 0.25) is 0 Å². The maximum Gasteiger partial charge on any atom is 0.122 e. The lowest BCUT2D eigenvalue weighted by Crippen LogP contribution is -1.89. The lowest BCUT2D eigenvalue weighted by Gasteiger charge is -2.08. The Labute approximate surface area is 152 Å². The lowest BCUT2D eigenvalue weighted by molar-refractivity contribution is 0.451. The van der Waals surface area contributed by atoms with Crippen LogP contribution >= 0.6 is 0 Å². The Morgan fingerprint density at radius 3 is 2.36 bits per heavy atom. The Bertz CT molecular complexity index is 699. The van der Waals surface area contributed by atoms with Gasteiger partial charge in [0.1, 0.15) is 11.5 Å². The van der Waals surface area contributed by atoms with Crippen LogP contribution in [0.4, 0.5) is 0 Å². The molecular weight excluding hydrogens is 308 g/mol. The van der Waals surface area contributed by atoms with Gasteiger partial charge in [-0.05, 0) is 78.0 Å². The zero-order valence-electron chi connectivity index (χ0n) is 16.3. The third-order valence-electron chi connectivity index (χ3n) is 4.08. The van der Waals surface area contributed by atoms with Gasteiger partial charge in [0, 0.05) is 5.56 Å². The Morgan fingerprint density at radius 2 is 1.72 bits per heavy atom. The number of aryl methyl sites for hydroxylation is 1. The summed E-state index contributed by atoms with van der Waals surface area (Å²) in [5, 5.41) is 19.8. The normalized spacial score (nSPS) is 12.2. The van der Waals surface area contributed by atoms with Gasteiger partial charge < -0.3 is 10.2 Å². The monoisotopic (exact) mass is 340 g/mol. The summed E-state index contributed by atoms with van der Waals surface area (Å²) in [7, 11) is 0. The number of phenolic OH excluding ortho intramolecular Hbond substituents is 2. The lowest BCUT2D eigenvalue weighted by atomic mass is 10.0. The molecule has 2 heteroatoms. The number of hydrogen-bond donors (Lipinski definition) is 2. The van der Waals surface area contributed by atoms with Crippen LogP contribution in [0.1, 0.15) is 58.1 Å². The van der Waals surface area contributed by atoms with E-state index < -0.39 is 0 Å². The van der Waals surface area contributed by atoms with Gasteiger partial charge in [-0.2, -0.15) is 0 Å². The number of aromatic hydroxyl groups is 2. The summed E-state index contributed by atoms with van der Waals surface area (Å²) in [5.41, 5.74) is 6.45. The molecule has 25 heavy (non-hydrogen) atoms. The molecule has 0 saturated heterocycles. The molecule has 0 aliphatic rings. The maximum absolute atomic E-state index is 10.1. The molecule has 0 aliphatic heterocycles. The van der Waals surface area contributed by atoms with Crippen molar-refractivity contribution in [3.63, 3.8) is 0 Å². The third-order valence-corrected chi connectivity index (χ3v) is 4.08. The van der Waals surface area contributed by atoms with E-state index >= 15 is 0 Å². The first kappa shape index (κ1) is 20.8. The van der Waals surface area contributed by atoms with Gasteiger partial charge in [-0.25, -0.2) is 0 Å². The number of allylic oxidation sites excluding steroid dienone is 7. The van der Waals surface area contributed by atoms with E-state index in [1.165, 1.54) is 16.7 Å². The minimum absolute atomic E-state index is 0.190. The first-order chi connectivity index (χ1) is 11.7. The summed E-state index contributed by atoms with van der Waals surface area (Å²) in [6.07, 6.45) is 10.1. The van der Waals surface area contributed by atoms with Gasteiger partial charge in [-0.3, -0.25) is 0 Å². The van der Waals surface area contributed by atoms with Gasteiger partial charge in [0.05, 0.1) is 0 Å². The predicted octanol–water partition coefficient (Wildman–Crippen LogP) is 6.53. The van der Waals surface area contributed by atoms with E-state index in [1.54, 1.807) is 19.1 Å². The van der Waals surface area contributed by atoms with Gasteiger partial charge in [-0.15, -0.1) is 0 Å². The van der Waals surface area contributed by atoms with E-state index in [-0.39, 0.29) is 11.5 Å². The van der Waals surface area contributed by atoms with Gasteiger partial charge in [-0.1, -0.05) is 47.1 Å². The molecule has 0 saturated carbocycles. The van der Waals surface area contributed by atoms with Crippen LogP contribution in [0, 0.1) is 6.92 Å². The molecule has 136 valence electrons. The Hall–Kier alpha value is -2.22. The molecule has 0 aromatic heterocycles. The van der Waals surface area contributed by atoms with Crippen molar-refractivity contribution < 1.29 is 10.2 Å². The molecule has 1 aromatic rings. The van der Waals surface area contributed by atoms with Gasteiger partial charge in [0.2, 0.25) is 0 Å². The van der Waals surface area contributed by atoms with E-state index in [2.05, 4.69) is 52.5 Å². The Balaban J connectivity index is 2.63. The molecular formula is C23H32O2. The van der Waals surface area contributed by atoms with Crippen molar-refractivity contribution in [3.8, 4) is 11.5 Å². The van der Waals surface area contributed by atoms with Crippen molar-refractivity contribution in [2.45, 2.75) is 60.3 Å². The summed E-state index contributed by atoms with van der Waals surface area (Å²) in [5.74, 6) is 0.450. The van der Waals surface area contributed by atoms with Crippen LogP contribution in [-0.4, -0.2) is 10.2 Å². The summed E-state index contributed by atoms with van der Waals surface area (Å²) < 4.78 is 0. The van der Waals surface area contributed by atoms with Crippen LogP contribution in [0.25, 0.3) is 0 Å². The fourth-order valence-corrected chi connectivity index (χ4v) is 2.76. The minimum Gasteiger partial charge on any atom is -0.508 e. The quantitative estimate of drug-likeness (QED) is 0.321. The second-order valence-corrected chi connectivity index (χ2v) is 7.17. The zero-order valence-corrected chi connectivity index (χ0v) is 16.3. The summed E-state index contributed by atoms with van der Waals surface area (Å²) in [4.78, 5) is 0. The van der Waals surface area contributed by atoms with Crippen LogP contribution in [0.3, 0.4) is 0 Å². The van der Waals surface area contributed by atoms with Gasteiger partial charge in [0.25, 0.3) is 0 Å². The largest absolute Gasteiger partial charge is 0.508 e. The average molecular weight is 341 g/mol. The van der Waals surface area contributed by atoms with Crippen molar-refractivity contribution in [1.29, 1.82) is 0 Å². The van der Waals surface area contributed by atoms with E-state index in [0.29, 0.717) is 12.0 Å². The van der Waals surface area contributed by atoms with Crippen LogP contribution in [0.15, 0.2) is 59.2 Å². The van der Waals surface area contributed by atoms with Crippen LogP contribution < -0.4 is 0 Å². The molecule has 0 aliphatic carbocycles. The Kier molecular flexibility index (Phi) is 8.27. The highest BCUT2D eigenvalue weighted by Gasteiger charge is 2.06. The predicted molar refractivity (Wildman–Crippen MR) is 108 cm³/mol. The highest BCUT2D eigenvalue weighted by Crippen LogP contribution is 2.28. The fraction of sp³-hybridized carbons (Fsp3) is 0.391. The molecule has 2 nitrogen and oxygen atoms in total. The molecule has 0 radical (unpaired) electrons. The highest BCUT2D eigenvalue weighted by molar-refractivity contribution is 5.46. The van der Waals surface area contributed by atoms with E-state index in [4.69, 9.17) is 0 Å². The maximum atomic E-state index is 10.1. The average Bonchev–Trinajstić information content (AvgIpc) is 2.48. The van der Waals surface area contributed by atoms with Gasteiger partial charge in [0.15, 0.2) is 0 Å². The number of rotatable bonds is 8. The summed E-state index contributed by atoms with van der Waals surface area (Å²) >= 11 is 0. The number of benzene rings is 1. The first-order valence-corrected chi connectivity index (χ1v) is 8.84. The second kappa shape index (κ2) is 9.93. The van der Waals surface area contributed by atoms with E-state index in [9.17, 15) is 10.2 Å². The van der Waals surface area contributed by atoms with Crippen molar-refractivity contribution in [1.82, 2.24) is 0 Å². The standard InChI is InChI=1S/C23H32O2/c1-16(2)8-7-9-17(3)12-19(5)13-18(4)10-11-21-15-22(24)14-20(6)23(21)25/h8,10,12,14-15,24-25H,5,7,9,11,13H2,1-4,6H3/b17-12-,18-10+. The molecule has 0 amide bonds. The summed E-state index contributed by atoms with van der Waals surface area (Å²) in [6.45, 7) is 14.4. The number of phenols is 2. The summed E-state index contributed by atoms with van der Waals surface area (Å²) in [6, 6.07) is 3.19. The van der Waals surface area contributed by atoms with Crippen molar-refractivity contribution in [2.24, 2.45) is 0 Å². The topological polar surface area (TPSA) is 40.5 Å². The van der Waals surface area contributed by atoms with Gasteiger partial charge >= 0.3 is 0 Å². The molecule has 0 heterocycles. The molecule has 0 spiro atoms. The Morgan fingerprint density at radius 1 is 1.04 bits per heavy atom. The van der Waals surface area contributed by atoms with Crippen molar-refractivity contribution in [2.75, 3.05) is 0 Å². The molecule has 2 N–H and O–H groups in total. The molecule has 0 unspecified atom stereocenters. The smallest absolute Gasteiger partial charge is 0.122 e. The SMILES string of the molecule is C=C(/C=C(/C)CCC=C(C)C)C/C(C)=C/Cc1cc(O)cc(C)c1O. The van der Waals surface area contributed by atoms with Crippen molar-refractivity contribution >= 4 is 0 Å². The minimum atomic E-state index is 0.190. The second-order valence-electron chi connectivity index (χ2n) is 7.17.